The van der Waals surface area contributed by atoms with Crippen LogP contribution in [-0.2, 0) is 42.9 Å². The van der Waals surface area contributed by atoms with E-state index in [1.54, 1.807) is 0 Å². The third-order valence-corrected chi connectivity index (χ3v) is 13.7. The molecule has 1 rings (SSSR count). The van der Waals surface area contributed by atoms with E-state index in [0.29, 0.717) is 19.3 Å². The van der Waals surface area contributed by atoms with E-state index >= 15 is 0 Å². The van der Waals surface area contributed by atoms with E-state index in [0.717, 1.165) is 141 Å². The minimum absolute atomic E-state index is 0.00991. The summed E-state index contributed by atoms with van der Waals surface area (Å²) in [6.07, 6.45) is 68.3. The molecule has 12 heteroatoms. The zero-order chi connectivity index (χ0) is 60.3. The molecular formula is C71H112O12. The maximum Gasteiger partial charge on any atom is 0.335 e. The van der Waals surface area contributed by atoms with Gasteiger partial charge in [0.25, 0.3) is 0 Å². The van der Waals surface area contributed by atoms with Crippen molar-refractivity contribution in [1.82, 2.24) is 0 Å². The molecule has 6 atom stereocenters. The molecule has 0 aromatic rings. The number of aliphatic hydroxyl groups excluding tert-OH is 2. The normalized spacial score (nSPS) is 18.5. The number of esters is 3. The Morgan fingerprint density at radius 2 is 0.759 bits per heavy atom. The molecule has 83 heavy (non-hydrogen) atoms. The van der Waals surface area contributed by atoms with Gasteiger partial charge < -0.3 is 39.0 Å². The first-order valence-corrected chi connectivity index (χ1v) is 32.2. The molecule has 0 aliphatic carbocycles. The number of hydrogen-bond donors (Lipinski definition) is 3. The van der Waals surface area contributed by atoms with Gasteiger partial charge in [-0.2, -0.15) is 0 Å². The summed E-state index contributed by atoms with van der Waals surface area (Å²) in [5.41, 5.74) is 0. The monoisotopic (exact) mass is 1160 g/mol. The summed E-state index contributed by atoms with van der Waals surface area (Å²) >= 11 is 0. The molecule has 1 heterocycles. The van der Waals surface area contributed by atoms with E-state index in [2.05, 4.69) is 154 Å². The molecule has 0 aromatic carbocycles. The van der Waals surface area contributed by atoms with Crippen LogP contribution in [0.4, 0.5) is 0 Å². The number of aliphatic carboxylic acids is 1. The lowest BCUT2D eigenvalue weighted by atomic mass is 9.98. The Bertz CT molecular complexity index is 1950. The van der Waals surface area contributed by atoms with Crippen LogP contribution in [0.25, 0.3) is 0 Å². The number of rotatable bonds is 53. The van der Waals surface area contributed by atoms with E-state index in [4.69, 9.17) is 23.7 Å². The fourth-order valence-corrected chi connectivity index (χ4v) is 8.83. The second kappa shape index (κ2) is 57.3. The number of carbonyl (C=O) groups excluding carboxylic acids is 3. The highest BCUT2D eigenvalue weighted by atomic mass is 16.7. The summed E-state index contributed by atoms with van der Waals surface area (Å²) in [6, 6.07) is 0. The molecule has 0 saturated carbocycles. The average Bonchev–Trinajstić information content (AvgIpc) is 3.57. The van der Waals surface area contributed by atoms with Gasteiger partial charge in [0.2, 0.25) is 0 Å². The van der Waals surface area contributed by atoms with Crippen molar-refractivity contribution in [3.8, 4) is 0 Å². The quantitative estimate of drug-likeness (QED) is 0.0228. The number of allylic oxidation sites excluding steroid dienone is 22. The molecule has 6 unspecified atom stereocenters. The summed E-state index contributed by atoms with van der Waals surface area (Å²) in [4.78, 5) is 51.3. The Labute approximate surface area is 502 Å². The molecule has 0 aromatic heterocycles. The van der Waals surface area contributed by atoms with E-state index in [-0.39, 0.29) is 25.9 Å². The third-order valence-electron chi connectivity index (χ3n) is 13.7. The highest BCUT2D eigenvalue weighted by Crippen LogP contribution is 2.26. The molecule has 1 saturated heterocycles. The van der Waals surface area contributed by atoms with Crippen molar-refractivity contribution in [1.29, 1.82) is 0 Å². The predicted molar refractivity (Wildman–Crippen MR) is 340 cm³/mol. The van der Waals surface area contributed by atoms with Crippen LogP contribution in [0, 0.1) is 0 Å². The van der Waals surface area contributed by atoms with Gasteiger partial charge in [0.05, 0.1) is 6.61 Å². The lowest BCUT2D eigenvalue weighted by Crippen LogP contribution is -2.61. The van der Waals surface area contributed by atoms with Gasteiger partial charge in [-0.25, -0.2) is 4.79 Å². The third kappa shape index (κ3) is 46.9. The van der Waals surface area contributed by atoms with E-state index in [1.807, 2.05) is 0 Å². The van der Waals surface area contributed by atoms with E-state index in [1.165, 1.54) is 38.5 Å². The first kappa shape index (κ1) is 75.9. The van der Waals surface area contributed by atoms with Crippen molar-refractivity contribution in [2.45, 2.75) is 276 Å². The molecule has 468 valence electrons. The summed E-state index contributed by atoms with van der Waals surface area (Å²) in [6.45, 7) is 5.72. The van der Waals surface area contributed by atoms with Crippen LogP contribution < -0.4 is 0 Å². The Kier molecular flexibility index (Phi) is 52.4. The number of hydrogen-bond acceptors (Lipinski definition) is 11. The van der Waals surface area contributed by atoms with Crippen LogP contribution in [0.3, 0.4) is 0 Å². The molecule has 1 fully saturated rings. The predicted octanol–water partition coefficient (Wildman–Crippen LogP) is 17.3. The van der Waals surface area contributed by atoms with Gasteiger partial charge in [0, 0.05) is 19.3 Å². The SMILES string of the molecule is CC/C=C\C/C=C\C/C=C\C/C=C\C/C=C\CCCCCC(=O)OCC(COC1OC(C(=O)O)C(O)C(O)C1OC(=O)CCCCC/C=C\C/C=C\C/C=C\C/C=C\C/C=C\CC)OC(=O)CCCCCCC/C=C\CCCCCCCC. The number of unbranched alkanes of at least 4 members (excludes halogenated alkanes) is 17. The van der Waals surface area contributed by atoms with Crippen LogP contribution in [0.5, 0.6) is 0 Å². The Morgan fingerprint density at radius 1 is 0.410 bits per heavy atom. The average molecular weight is 1160 g/mol. The number of carboxylic acids is 1. The Hall–Kier alpha value is -5.14. The second-order valence-electron chi connectivity index (χ2n) is 21.3. The minimum atomic E-state index is -1.93. The molecule has 12 nitrogen and oxygen atoms in total. The largest absolute Gasteiger partial charge is 0.479 e. The van der Waals surface area contributed by atoms with Crippen molar-refractivity contribution in [2.75, 3.05) is 13.2 Å². The van der Waals surface area contributed by atoms with Crippen molar-refractivity contribution < 1.29 is 58.2 Å². The molecule has 1 aliphatic rings. The van der Waals surface area contributed by atoms with Crippen molar-refractivity contribution in [3.63, 3.8) is 0 Å². The maximum atomic E-state index is 13.2. The van der Waals surface area contributed by atoms with Gasteiger partial charge in [-0.05, 0) is 135 Å². The second-order valence-corrected chi connectivity index (χ2v) is 21.3. The summed E-state index contributed by atoms with van der Waals surface area (Å²) in [5.74, 6) is -3.23. The smallest absolute Gasteiger partial charge is 0.335 e. The summed E-state index contributed by atoms with van der Waals surface area (Å²) in [5, 5.41) is 31.6. The molecule has 3 N–H and O–H groups in total. The lowest BCUT2D eigenvalue weighted by molar-refractivity contribution is -0.301. The number of aliphatic hydroxyl groups is 2. The van der Waals surface area contributed by atoms with Crippen LogP contribution in [0.1, 0.15) is 239 Å². The van der Waals surface area contributed by atoms with Crippen LogP contribution in [0.2, 0.25) is 0 Å². The van der Waals surface area contributed by atoms with Gasteiger partial charge in [0.1, 0.15) is 18.8 Å². The van der Waals surface area contributed by atoms with Gasteiger partial charge in [-0.1, -0.05) is 219 Å². The number of carbonyl (C=O) groups is 4. The van der Waals surface area contributed by atoms with Crippen molar-refractivity contribution in [3.05, 3.63) is 134 Å². The molecular weight excluding hydrogens is 1040 g/mol. The topological polar surface area (TPSA) is 175 Å². The summed E-state index contributed by atoms with van der Waals surface area (Å²) in [7, 11) is 0. The first-order chi connectivity index (χ1) is 40.6. The van der Waals surface area contributed by atoms with Crippen LogP contribution in [0.15, 0.2) is 134 Å². The Balaban J connectivity index is 2.72. The van der Waals surface area contributed by atoms with Gasteiger partial charge in [0.15, 0.2) is 24.6 Å². The molecule has 0 amide bonds. The van der Waals surface area contributed by atoms with E-state index < -0.39 is 67.3 Å². The van der Waals surface area contributed by atoms with Crippen LogP contribution in [-0.4, -0.2) is 89.2 Å². The Morgan fingerprint density at radius 3 is 1.18 bits per heavy atom. The van der Waals surface area contributed by atoms with Gasteiger partial charge in [-0.15, -0.1) is 0 Å². The van der Waals surface area contributed by atoms with E-state index in [9.17, 15) is 34.5 Å². The fourth-order valence-electron chi connectivity index (χ4n) is 8.83. The van der Waals surface area contributed by atoms with Gasteiger partial charge >= 0.3 is 23.9 Å². The highest BCUT2D eigenvalue weighted by Gasteiger charge is 2.50. The zero-order valence-electron chi connectivity index (χ0n) is 51.6. The van der Waals surface area contributed by atoms with Crippen molar-refractivity contribution in [2.24, 2.45) is 0 Å². The fraction of sp³-hybridized carbons (Fsp3) is 0.634. The molecule has 1 aliphatic heterocycles. The standard InChI is InChI=1S/C71H112O12/c1-4-7-10-13-16-19-22-25-28-30-32-34-37-39-42-45-48-51-54-57-63(72)79-60-62(81-64(73)58-55-52-49-46-43-40-36-27-24-21-18-15-12-9-6-3)61-80-71-69(67(76)66(75)68(83-71)70(77)78)82-65(74)59-56-53-50-47-44-41-38-35-33-31-29-26-23-20-17-14-11-8-5-2/h7-8,10-11,16-17,19-20,25-29,32-36,39,41-42,44,62,66-69,71,75-76H,4-6,9,12-15,18,21-24,30-31,37-38,40,43,45-61H2,1-3H3,(H,77,78)/b10-7-,11-8-,19-16-,20-17-,28-25-,29-26-,34-32-,35-33-,36-27-,42-39-,44-41-. The lowest BCUT2D eigenvalue weighted by Gasteiger charge is -2.40. The number of carboxylic acid groups (broad SMARTS) is 1. The maximum absolute atomic E-state index is 13.2. The highest BCUT2D eigenvalue weighted by molar-refractivity contribution is 5.74. The van der Waals surface area contributed by atoms with Crippen molar-refractivity contribution >= 4 is 23.9 Å². The molecule has 0 radical (unpaired) electrons. The number of ether oxygens (including phenoxy) is 5. The first-order valence-electron chi connectivity index (χ1n) is 32.2. The van der Waals surface area contributed by atoms with Gasteiger partial charge in [-0.3, -0.25) is 14.4 Å². The minimum Gasteiger partial charge on any atom is -0.479 e. The summed E-state index contributed by atoms with van der Waals surface area (Å²) < 4.78 is 28.4. The molecule has 0 bridgehead atoms. The van der Waals surface area contributed by atoms with Crippen LogP contribution >= 0.6 is 0 Å². The zero-order valence-corrected chi connectivity index (χ0v) is 51.6. The molecule has 0 spiro atoms.